The highest BCUT2D eigenvalue weighted by Gasteiger charge is 2.41. The highest BCUT2D eigenvalue weighted by Crippen LogP contribution is 2.39. The number of nitrogens with zero attached hydrogens (tertiary/aromatic N) is 2. The predicted molar refractivity (Wildman–Crippen MR) is 102 cm³/mol. The van der Waals surface area contributed by atoms with E-state index in [2.05, 4.69) is 40.1 Å². The Morgan fingerprint density at radius 1 is 1.04 bits per heavy atom. The van der Waals surface area contributed by atoms with Gasteiger partial charge in [0.1, 0.15) is 0 Å². The van der Waals surface area contributed by atoms with Crippen molar-refractivity contribution in [2.45, 2.75) is 38.6 Å². The summed E-state index contributed by atoms with van der Waals surface area (Å²) in [5, 5.41) is 0. The van der Waals surface area contributed by atoms with Gasteiger partial charge in [-0.3, -0.25) is 9.69 Å². The number of likely N-dealkylation sites (tertiary alicyclic amines) is 2. The Morgan fingerprint density at radius 3 is 2.73 bits per heavy atom. The molecule has 1 atom stereocenters. The van der Waals surface area contributed by atoms with Gasteiger partial charge in [-0.2, -0.15) is 0 Å². The average Bonchev–Trinajstić information content (AvgIpc) is 3.17. The zero-order valence-corrected chi connectivity index (χ0v) is 15.4. The zero-order chi connectivity index (χ0) is 17.8. The Balaban J connectivity index is 1.38. The maximum absolute atomic E-state index is 12.5. The molecule has 138 valence electrons. The normalized spacial score (nSPS) is 24.3. The second kappa shape index (κ2) is 7.67. The van der Waals surface area contributed by atoms with Crippen molar-refractivity contribution in [3.63, 3.8) is 0 Å². The molecule has 4 heteroatoms. The number of carbonyl (C=O) groups excluding carboxylic acids is 1. The van der Waals surface area contributed by atoms with E-state index in [9.17, 15) is 4.79 Å². The van der Waals surface area contributed by atoms with Gasteiger partial charge in [-0.25, -0.2) is 0 Å². The lowest BCUT2D eigenvalue weighted by Crippen LogP contribution is -2.54. The van der Waals surface area contributed by atoms with Crippen molar-refractivity contribution in [1.29, 1.82) is 0 Å². The van der Waals surface area contributed by atoms with E-state index in [1.54, 1.807) is 6.26 Å². The van der Waals surface area contributed by atoms with Gasteiger partial charge in [0.15, 0.2) is 0 Å². The number of furan rings is 1. The molecule has 26 heavy (non-hydrogen) atoms. The van der Waals surface area contributed by atoms with Crippen LogP contribution in [0.4, 0.5) is 0 Å². The van der Waals surface area contributed by atoms with Crippen molar-refractivity contribution < 1.29 is 9.21 Å². The van der Waals surface area contributed by atoms with Gasteiger partial charge in [0, 0.05) is 43.6 Å². The molecule has 2 aromatic rings. The van der Waals surface area contributed by atoms with Crippen molar-refractivity contribution in [1.82, 2.24) is 9.80 Å². The van der Waals surface area contributed by atoms with Crippen LogP contribution >= 0.6 is 0 Å². The molecule has 1 unspecified atom stereocenters. The van der Waals surface area contributed by atoms with E-state index in [0.717, 1.165) is 45.6 Å². The molecule has 2 aliphatic heterocycles. The summed E-state index contributed by atoms with van der Waals surface area (Å²) in [6, 6.07) is 12.5. The van der Waals surface area contributed by atoms with E-state index in [-0.39, 0.29) is 5.41 Å². The lowest BCUT2D eigenvalue weighted by atomic mass is 9.73. The van der Waals surface area contributed by atoms with Crippen LogP contribution in [0.15, 0.2) is 53.3 Å². The molecular formula is C22H28N2O2. The Hall–Kier alpha value is -2.07. The number of carbonyl (C=O) groups is 1. The van der Waals surface area contributed by atoms with Gasteiger partial charge < -0.3 is 9.32 Å². The van der Waals surface area contributed by atoms with Crippen molar-refractivity contribution in [3.05, 3.63) is 60.1 Å². The van der Waals surface area contributed by atoms with Crippen LogP contribution in [0.1, 0.15) is 36.8 Å². The molecule has 2 saturated heterocycles. The van der Waals surface area contributed by atoms with E-state index in [0.29, 0.717) is 12.3 Å². The quantitative estimate of drug-likeness (QED) is 0.823. The number of hydrogen-bond acceptors (Lipinski definition) is 3. The van der Waals surface area contributed by atoms with E-state index in [1.165, 1.54) is 24.0 Å². The third kappa shape index (κ3) is 4.01. The number of amides is 1. The Morgan fingerprint density at radius 2 is 1.92 bits per heavy atom. The van der Waals surface area contributed by atoms with Crippen LogP contribution < -0.4 is 0 Å². The van der Waals surface area contributed by atoms with Crippen molar-refractivity contribution in [3.8, 4) is 0 Å². The molecule has 4 nitrogen and oxygen atoms in total. The van der Waals surface area contributed by atoms with Gasteiger partial charge in [-0.15, -0.1) is 0 Å². The van der Waals surface area contributed by atoms with Gasteiger partial charge in [0.05, 0.1) is 12.5 Å². The molecule has 0 bridgehead atoms. The summed E-state index contributed by atoms with van der Waals surface area (Å²) in [5.41, 5.74) is 2.83. The molecule has 0 saturated carbocycles. The molecule has 1 amide bonds. The number of hydrogen-bond donors (Lipinski definition) is 0. The molecule has 2 fully saturated rings. The Bertz CT molecular complexity index is 713. The summed E-state index contributed by atoms with van der Waals surface area (Å²) in [6.07, 6.45) is 8.74. The third-order valence-electron chi connectivity index (χ3n) is 5.99. The van der Waals surface area contributed by atoms with Crippen LogP contribution in [0.25, 0.3) is 0 Å². The molecule has 0 N–H and O–H groups in total. The molecular weight excluding hydrogens is 324 g/mol. The molecule has 1 spiro atoms. The first kappa shape index (κ1) is 17.3. The predicted octanol–water partition coefficient (Wildman–Crippen LogP) is 3.73. The maximum Gasteiger partial charge on any atom is 0.222 e. The summed E-state index contributed by atoms with van der Waals surface area (Å²) in [7, 11) is 0. The summed E-state index contributed by atoms with van der Waals surface area (Å²) >= 11 is 0. The van der Waals surface area contributed by atoms with Gasteiger partial charge in [-0.05, 0) is 43.9 Å². The van der Waals surface area contributed by atoms with Crippen LogP contribution in [0.3, 0.4) is 0 Å². The van der Waals surface area contributed by atoms with Gasteiger partial charge in [0.25, 0.3) is 0 Å². The number of piperidine rings is 2. The molecule has 0 radical (unpaired) electrons. The minimum absolute atomic E-state index is 0.270. The first-order valence-corrected chi connectivity index (χ1v) is 9.78. The fourth-order valence-electron chi connectivity index (χ4n) is 4.63. The highest BCUT2D eigenvalue weighted by molar-refractivity contribution is 5.77. The number of benzene rings is 1. The minimum atomic E-state index is 0.270. The maximum atomic E-state index is 12.5. The number of rotatable bonds is 5. The topological polar surface area (TPSA) is 36.7 Å². The second-order valence-electron chi connectivity index (χ2n) is 8.00. The lowest BCUT2D eigenvalue weighted by Gasteiger charge is -2.48. The van der Waals surface area contributed by atoms with E-state index < -0.39 is 0 Å². The van der Waals surface area contributed by atoms with Gasteiger partial charge in [0.2, 0.25) is 5.91 Å². The minimum Gasteiger partial charge on any atom is -0.472 e. The summed E-state index contributed by atoms with van der Waals surface area (Å²) in [5.74, 6) is 0.332. The van der Waals surface area contributed by atoms with Crippen LogP contribution in [0.5, 0.6) is 0 Å². The standard InChI is InChI=1S/C22H28N2O2/c25-21-7-11-22(18-24(21)13-8-19-5-2-1-3-6-19)10-4-12-23(17-22)15-20-9-14-26-16-20/h1-3,5-6,9,14,16H,4,7-8,10-13,15,17-18H2. The monoisotopic (exact) mass is 352 g/mol. The van der Waals surface area contributed by atoms with Crippen LogP contribution in [-0.4, -0.2) is 41.9 Å². The Kier molecular flexibility index (Phi) is 5.11. The Labute approximate surface area is 155 Å². The fourth-order valence-corrected chi connectivity index (χ4v) is 4.63. The summed E-state index contributed by atoms with van der Waals surface area (Å²) in [6.45, 7) is 4.95. The zero-order valence-electron chi connectivity index (χ0n) is 15.4. The van der Waals surface area contributed by atoms with Gasteiger partial charge in [-0.1, -0.05) is 30.3 Å². The first-order chi connectivity index (χ1) is 12.7. The molecule has 3 heterocycles. The molecule has 1 aromatic heterocycles. The van der Waals surface area contributed by atoms with Gasteiger partial charge >= 0.3 is 0 Å². The molecule has 4 rings (SSSR count). The molecule has 2 aliphatic rings. The molecule has 0 aliphatic carbocycles. The van der Waals surface area contributed by atoms with Crippen LogP contribution in [0.2, 0.25) is 0 Å². The van der Waals surface area contributed by atoms with Crippen LogP contribution in [0, 0.1) is 5.41 Å². The van der Waals surface area contributed by atoms with E-state index >= 15 is 0 Å². The summed E-state index contributed by atoms with van der Waals surface area (Å²) < 4.78 is 5.22. The van der Waals surface area contributed by atoms with E-state index in [4.69, 9.17) is 4.42 Å². The highest BCUT2D eigenvalue weighted by atomic mass is 16.3. The third-order valence-corrected chi connectivity index (χ3v) is 5.99. The van der Waals surface area contributed by atoms with Crippen molar-refractivity contribution in [2.75, 3.05) is 26.2 Å². The summed E-state index contributed by atoms with van der Waals surface area (Å²) in [4.78, 5) is 17.1. The average molecular weight is 352 g/mol. The van der Waals surface area contributed by atoms with Crippen molar-refractivity contribution >= 4 is 5.91 Å². The fraction of sp³-hybridized carbons (Fsp3) is 0.500. The smallest absolute Gasteiger partial charge is 0.222 e. The molecule has 1 aromatic carbocycles. The lowest BCUT2D eigenvalue weighted by molar-refractivity contribution is -0.139. The second-order valence-corrected chi connectivity index (χ2v) is 8.00. The SMILES string of the molecule is O=C1CCC2(CCCN(Cc3ccoc3)C2)CN1CCc1ccccc1. The largest absolute Gasteiger partial charge is 0.472 e. The first-order valence-electron chi connectivity index (χ1n) is 9.78. The van der Waals surface area contributed by atoms with Crippen LogP contribution in [-0.2, 0) is 17.8 Å². The van der Waals surface area contributed by atoms with E-state index in [1.807, 2.05) is 12.3 Å². The van der Waals surface area contributed by atoms with Crippen molar-refractivity contribution in [2.24, 2.45) is 5.41 Å².